The van der Waals surface area contributed by atoms with E-state index in [0.717, 1.165) is 4.75 Å². The molecular weight excluding hydrogens is 212 g/mol. The predicted octanol–water partition coefficient (Wildman–Crippen LogP) is 4.49. The number of hydrogen-bond donors (Lipinski definition) is 0. The fourth-order valence-electron chi connectivity index (χ4n) is 3.99. The molecule has 0 aromatic rings. The SMILES string of the molecule is CC(C)(C)C1=CCC2(CC1)CS21CCCC1. The van der Waals surface area contributed by atoms with Gasteiger partial charge in [0.15, 0.2) is 0 Å². The number of hydrogen-bond acceptors (Lipinski definition) is 0. The Balaban J connectivity index is 1.74. The second kappa shape index (κ2) is 3.31. The molecule has 2 fully saturated rings. The lowest BCUT2D eigenvalue weighted by molar-refractivity contribution is 0.448. The van der Waals surface area contributed by atoms with Crippen LogP contribution in [-0.2, 0) is 0 Å². The van der Waals surface area contributed by atoms with Gasteiger partial charge in [-0.15, -0.1) is 0 Å². The Morgan fingerprint density at radius 1 is 1.19 bits per heavy atom. The molecule has 0 aromatic heterocycles. The second-order valence-electron chi connectivity index (χ2n) is 7.17. The third-order valence-electron chi connectivity index (χ3n) is 5.22. The van der Waals surface area contributed by atoms with Gasteiger partial charge in [0.2, 0.25) is 0 Å². The molecule has 0 amide bonds. The van der Waals surface area contributed by atoms with Gasteiger partial charge in [-0.1, -0.05) is 32.4 Å². The smallest absolute Gasteiger partial charge is 0.0117 e. The van der Waals surface area contributed by atoms with Crippen LogP contribution >= 0.6 is 10.0 Å². The quantitative estimate of drug-likeness (QED) is 0.431. The van der Waals surface area contributed by atoms with Gasteiger partial charge in [-0.25, -0.2) is 10.0 Å². The van der Waals surface area contributed by atoms with Gasteiger partial charge in [0.1, 0.15) is 0 Å². The van der Waals surface area contributed by atoms with Gasteiger partial charge in [0, 0.05) is 4.75 Å². The first kappa shape index (κ1) is 11.2. The highest BCUT2D eigenvalue weighted by atomic mass is 32.3. The minimum atomic E-state index is -0.0732. The fourth-order valence-corrected chi connectivity index (χ4v) is 9.55. The van der Waals surface area contributed by atoms with Crippen LogP contribution in [0, 0.1) is 5.41 Å². The van der Waals surface area contributed by atoms with Crippen LogP contribution in [0.1, 0.15) is 52.9 Å². The molecule has 0 bridgehead atoms. The van der Waals surface area contributed by atoms with Gasteiger partial charge in [0.05, 0.1) is 0 Å². The average molecular weight is 238 g/mol. The van der Waals surface area contributed by atoms with E-state index in [1.54, 1.807) is 35.7 Å². The Bertz CT molecular complexity index is 328. The summed E-state index contributed by atoms with van der Waals surface area (Å²) in [4.78, 5) is 0. The van der Waals surface area contributed by atoms with Crippen LogP contribution in [0.25, 0.3) is 0 Å². The topological polar surface area (TPSA) is 0 Å². The van der Waals surface area contributed by atoms with E-state index in [4.69, 9.17) is 0 Å². The standard InChI is InChI=1S/C15H26S/c1-14(2,3)13-6-8-15(9-7-13)12-16(15)10-4-5-11-16/h6H,4-5,7-12H2,1-3H3. The van der Waals surface area contributed by atoms with Gasteiger partial charge in [-0.05, 0) is 54.8 Å². The van der Waals surface area contributed by atoms with Crippen molar-refractivity contribution in [3.05, 3.63) is 11.6 Å². The molecule has 3 aliphatic rings. The Kier molecular flexibility index (Phi) is 2.32. The van der Waals surface area contributed by atoms with Gasteiger partial charge >= 0.3 is 0 Å². The summed E-state index contributed by atoms with van der Waals surface area (Å²) in [6.07, 6.45) is 10.1. The molecule has 1 aliphatic carbocycles. The zero-order chi connectivity index (χ0) is 11.4. The van der Waals surface area contributed by atoms with Crippen LogP contribution in [-0.4, -0.2) is 22.0 Å². The molecule has 92 valence electrons. The molecule has 1 heteroatoms. The number of fused-ring (bicyclic) bond motifs is 1. The molecule has 2 aliphatic heterocycles. The molecule has 0 radical (unpaired) electrons. The Morgan fingerprint density at radius 3 is 2.38 bits per heavy atom. The van der Waals surface area contributed by atoms with Crippen molar-refractivity contribution in [3.8, 4) is 0 Å². The van der Waals surface area contributed by atoms with Gasteiger partial charge < -0.3 is 0 Å². The molecule has 2 heterocycles. The molecule has 1 atom stereocenters. The number of allylic oxidation sites excluding steroid dienone is 2. The van der Waals surface area contributed by atoms with Crippen LogP contribution in [0.15, 0.2) is 11.6 Å². The Morgan fingerprint density at radius 2 is 1.88 bits per heavy atom. The normalized spacial score (nSPS) is 38.8. The van der Waals surface area contributed by atoms with E-state index in [0.29, 0.717) is 5.41 Å². The summed E-state index contributed by atoms with van der Waals surface area (Å²) in [5.41, 5.74) is 2.16. The second-order valence-corrected chi connectivity index (χ2v) is 11.2. The maximum atomic E-state index is 2.63. The zero-order valence-corrected chi connectivity index (χ0v) is 12.0. The van der Waals surface area contributed by atoms with Crippen LogP contribution in [0.4, 0.5) is 0 Å². The van der Waals surface area contributed by atoms with Crippen LogP contribution < -0.4 is 0 Å². The third-order valence-corrected chi connectivity index (χ3v) is 10.5. The third kappa shape index (κ3) is 1.50. The summed E-state index contributed by atoms with van der Waals surface area (Å²) in [6.45, 7) is 7.13. The number of rotatable bonds is 0. The first-order valence-electron chi connectivity index (χ1n) is 6.93. The molecule has 0 nitrogen and oxygen atoms in total. The van der Waals surface area contributed by atoms with E-state index in [2.05, 4.69) is 26.8 Å². The highest BCUT2D eigenvalue weighted by Gasteiger charge is 2.62. The van der Waals surface area contributed by atoms with E-state index in [1.165, 1.54) is 19.3 Å². The average Bonchev–Trinajstić information content (AvgIpc) is 2.59. The minimum absolute atomic E-state index is 0.0732. The lowest BCUT2D eigenvalue weighted by Gasteiger charge is -2.33. The van der Waals surface area contributed by atoms with Crippen LogP contribution in [0.5, 0.6) is 0 Å². The highest BCUT2D eigenvalue weighted by Crippen LogP contribution is 2.82. The minimum Gasteiger partial charge on any atom is -0.233 e. The molecule has 2 spiro atoms. The first-order valence-corrected chi connectivity index (χ1v) is 9.07. The molecule has 0 saturated carbocycles. The van der Waals surface area contributed by atoms with Crippen molar-refractivity contribution < 1.29 is 0 Å². The lowest BCUT2D eigenvalue weighted by Crippen LogP contribution is -2.21. The zero-order valence-electron chi connectivity index (χ0n) is 11.1. The van der Waals surface area contributed by atoms with E-state index in [-0.39, 0.29) is 10.0 Å². The summed E-state index contributed by atoms with van der Waals surface area (Å²) in [5.74, 6) is 4.91. The van der Waals surface area contributed by atoms with Crippen molar-refractivity contribution in [2.75, 3.05) is 17.3 Å². The van der Waals surface area contributed by atoms with E-state index in [9.17, 15) is 0 Å². The molecule has 0 N–H and O–H groups in total. The summed E-state index contributed by atoms with van der Waals surface area (Å²) >= 11 is 0. The Labute approximate surface area is 102 Å². The largest absolute Gasteiger partial charge is 0.233 e. The van der Waals surface area contributed by atoms with Crippen molar-refractivity contribution in [2.24, 2.45) is 5.41 Å². The summed E-state index contributed by atoms with van der Waals surface area (Å²) in [7, 11) is -0.0732. The first-order chi connectivity index (χ1) is 7.48. The van der Waals surface area contributed by atoms with Crippen molar-refractivity contribution in [1.29, 1.82) is 0 Å². The monoisotopic (exact) mass is 238 g/mol. The van der Waals surface area contributed by atoms with E-state index in [1.807, 2.05) is 0 Å². The maximum Gasteiger partial charge on any atom is 0.0117 e. The molecule has 16 heavy (non-hydrogen) atoms. The maximum absolute atomic E-state index is 2.63. The molecule has 2 saturated heterocycles. The molecule has 1 unspecified atom stereocenters. The summed E-state index contributed by atoms with van der Waals surface area (Å²) < 4.78 is 0.859. The van der Waals surface area contributed by atoms with Crippen molar-refractivity contribution in [1.82, 2.24) is 0 Å². The van der Waals surface area contributed by atoms with Crippen LogP contribution in [0.2, 0.25) is 0 Å². The fraction of sp³-hybridized carbons (Fsp3) is 0.867. The predicted molar refractivity (Wildman–Crippen MR) is 75.5 cm³/mol. The molecule has 0 aromatic carbocycles. The summed E-state index contributed by atoms with van der Waals surface area (Å²) in [5, 5.41) is 0. The van der Waals surface area contributed by atoms with E-state index < -0.39 is 0 Å². The highest BCUT2D eigenvalue weighted by molar-refractivity contribution is 8.41. The van der Waals surface area contributed by atoms with Crippen molar-refractivity contribution >= 4 is 10.0 Å². The molecule has 3 rings (SSSR count). The van der Waals surface area contributed by atoms with Gasteiger partial charge in [0.25, 0.3) is 0 Å². The van der Waals surface area contributed by atoms with Gasteiger partial charge in [-0.3, -0.25) is 0 Å². The summed E-state index contributed by atoms with van der Waals surface area (Å²) in [6, 6.07) is 0. The van der Waals surface area contributed by atoms with Crippen molar-refractivity contribution in [3.63, 3.8) is 0 Å². The van der Waals surface area contributed by atoms with Crippen LogP contribution in [0.3, 0.4) is 0 Å². The van der Waals surface area contributed by atoms with E-state index >= 15 is 0 Å². The Hall–Kier alpha value is 0.0900. The molecular formula is C15H26S. The van der Waals surface area contributed by atoms with Crippen molar-refractivity contribution in [2.45, 2.75) is 57.6 Å². The van der Waals surface area contributed by atoms with Gasteiger partial charge in [-0.2, -0.15) is 0 Å². The lowest BCUT2D eigenvalue weighted by atomic mass is 9.78.